The van der Waals surface area contributed by atoms with Crippen LogP contribution in [-0.2, 0) is 18.2 Å². The zero-order valence-electron chi connectivity index (χ0n) is 15.7. The SMILES string of the molecule is CCCCN=C(NCCc1ccco1)N1CCOC(c2cnn(C)c2)C1. The van der Waals surface area contributed by atoms with Gasteiger partial charge in [0.2, 0.25) is 0 Å². The average molecular weight is 359 g/mol. The second-order valence-corrected chi connectivity index (χ2v) is 6.57. The van der Waals surface area contributed by atoms with E-state index >= 15 is 0 Å². The van der Waals surface area contributed by atoms with Crippen LogP contribution in [0.5, 0.6) is 0 Å². The smallest absolute Gasteiger partial charge is 0.194 e. The van der Waals surface area contributed by atoms with Gasteiger partial charge in [0.1, 0.15) is 11.9 Å². The molecule has 1 aliphatic heterocycles. The van der Waals surface area contributed by atoms with E-state index in [2.05, 4.69) is 22.2 Å². The van der Waals surface area contributed by atoms with Crippen LogP contribution in [0, 0.1) is 0 Å². The number of nitrogens with one attached hydrogen (secondary N) is 1. The lowest BCUT2D eigenvalue weighted by Crippen LogP contribution is -2.48. The zero-order valence-corrected chi connectivity index (χ0v) is 15.7. The molecule has 142 valence electrons. The van der Waals surface area contributed by atoms with Gasteiger partial charge in [-0.05, 0) is 18.6 Å². The van der Waals surface area contributed by atoms with Crippen molar-refractivity contribution in [2.24, 2.45) is 12.0 Å². The Balaban J connectivity index is 1.61. The first-order chi connectivity index (χ1) is 12.8. The molecule has 2 aromatic rings. The summed E-state index contributed by atoms with van der Waals surface area (Å²) in [4.78, 5) is 7.10. The molecule has 7 nitrogen and oxygen atoms in total. The molecule has 0 bridgehead atoms. The number of hydrogen-bond donors (Lipinski definition) is 1. The Bertz CT molecular complexity index is 680. The van der Waals surface area contributed by atoms with Gasteiger partial charge in [-0.1, -0.05) is 13.3 Å². The first-order valence-electron chi connectivity index (χ1n) is 9.42. The van der Waals surface area contributed by atoms with E-state index < -0.39 is 0 Å². The van der Waals surface area contributed by atoms with Crippen LogP contribution in [0.3, 0.4) is 0 Å². The highest BCUT2D eigenvalue weighted by Crippen LogP contribution is 2.21. The molecule has 1 saturated heterocycles. The standard InChI is InChI=1S/C19H29N5O2/c1-3-4-8-20-19(21-9-7-17-6-5-11-25-17)24-10-12-26-18(15-24)16-13-22-23(2)14-16/h5-6,11,13-14,18H,3-4,7-10,12,15H2,1-2H3,(H,20,21). The topological polar surface area (TPSA) is 67.8 Å². The van der Waals surface area contributed by atoms with Crippen LogP contribution in [0.4, 0.5) is 0 Å². The predicted molar refractivity (Wildman–Crippen MR) is 101 cm³/mol. The van der Waals surface area contributed by atoms with Crippen molar-refractivity contribution in [2.75, 3.05) is 32.8 Å². The predicted octanol–water partition coefficient (Wildman–Crippen LogP) is 2.37. The van der Waals surface area contributed by atoms with Crippen molar-refractivity contribution in [1.82, 2.24) is 20.0 Å². The zero-order chi connectivity index (χ0) is 18.2. The van der Waals surface area contributed by atoms with Crippen molar-refractivity contribution >= 4 is 5.96 Å². The monoisotopic (exact) mass is 359 g/mol. The van der Waals surface area contributed by atoms with Crippen molar-refractivity contribution in [3.8, 4) is 0 Å². The van der Waals surface area contributed by atoms with Gasteiger partial charge in [0.05, 0.1) is 25.6 Å². The van der Waals surface area contributed by atoms with Gasteiger partial charge in [0, 0.05) is 44.9 Å². The van der Waals surface area contributed by atoms with Gasteiger partial charge in [-0.3, -0.25) is 9.67 Å². The first-order valence-corrected chi connectivity index (χ1v) is 9.42. The summed E-state index contributed by atoms with van der Waals surface area (Å²) in [6.45, 7) is 6.14. The summed E-state index contributed by atoms with van der Waals surface area (Å²) in [6, 6.07) is 3.93. The summed E-state index contributed by atoms with van der Waals surface area (Å²) < 4.78 is 13.2. The second kappa shape index (κ2) is 9.43. The molecule has 0 aliphatic carbocycles. The molecule has 0 radical (unpaired) electrons. The Morgan fingerprint density at radius 2 is 2.38 bits per heavy atom. The Morgan fingerprint density at radius 1 is 1.46 bits per heavy atom. The minimum Gasteiger partial charge on any atom is -0.469 e. The molecule has 1 atom stereocenters. The minimum absolute atomic E-state index is 0.0284. The quantitative estimate of drug-likeness (QED) is 0.467. The van der Waals surface area contributed by atoms with Crippen molar-refractivity contribution in [3.63, 3.8) is 0 Å². The van der Waals surface area contributed by atoms with Crippen molar-refractivity contribution in [1.29, 1.82) is 0 Å². The number of morpholine rings is 1. The maximum absolute atomic E-state index is 5.95. The first kappa shape index (κ1) is 18.5. The van der Waals surface area contributed by atoms with Crippen molar-refractivity contribution in [3.05, 3.63) is 42.1 Å². The Hall–Kier alpha value is -2.28. The fourth-order valence-electron chi connectivity index (χ4n) is 3.01. The van der Waals surface area contributed by atoms with Gasteiger partial charge in [0.25, 0.3) is 0 Å². The molecule has 1 N–H and O–H groups in total. The number of unbranched alkanes of at least 4 members (excludes halogenated alkanes) is 1. The molecule has 0 aromatic carbocycles. The number of ether oxygens (including phenoxy) is 1. The molecule has 3 rings (SSSR count). The highest BCUT2D eigenvalue weighted by Gasteiger charge is 2.25. The van der Waals surface area contributed by atoms with Crippen LogP contribution in [0.2, 0.25) is 0 Å². The number of rotatable bonds is 7. The van der Waals surface area contributed by atoms with Gasteiger partial charge in [-0.2, -0.15) is 5.10 Å². The third-order valence-corrected chi connectivity index (χ3v) is 4.47. The number of nitrogens with zero attached hydrogens (tertiary/aromatic N) is 4. The average Bonchev–Trinajstić information content (AvgIpc) is 3.32. The second-order valence-electron chi connectivity index (χ2n) is 6.57. The molecule has 1 aliphatic rings. The third kappa shape index (κ3) is 5.11. The summed E-state index contributed by atoms with van der Waals surface area (Å²) in [5, 5.41) is 7.77. The maximum atomic E-state index is 5.95. The van der Waals surface area contributed by atoms with E-state index in [0.717, 1.165) is 62.7 Å². The van der Waals surface area contributed by atoms with Crippen molar-refractivity contribution < 1.29 is 9.15 Å². The molecule has 0 saturated carbocycles. The molecular weight excluding hydrogens is 330 g/mol. The van der Waals surface area contributed by atoms with Crippen LogP contribution in [-0.4, -0.2) is 53.4 Å². The van der Waals surface area contributed by atoms with Crippen LogP contribution >= 0.6 is 0 Å². The Morgan fingerprint density at radius 3 is 3.12 bits per heavy atom. The van der Waals surface area contributed by atoms with E-state index in [1.165, 1.54) is 0 Å². The fraction of sp³-hybridized carbons (Fsp3) is 0.579. The molecule has 7 heteroatoms. The summed E-state index contributed by atoms with van der Waals surface area (Å²) in [6.07, 6.45) is 8.73. The van der Waals surface area contributed by atoms with Gasteiger partial charge in [0.15, 0.2) is 5.96 Å². The van der Waals surface area contributed by atoms with E-state index in [4.69, 9.17) is 14.1 Å². The van der Waals surface area contributed by atoms with Gasteiger partial charge < -0.3 is 19.4 Å². The summed E-state index contributed by atoms with van der Waals surface area (Å²) in [5.41, 5.74) is 1.11. The van der Waals surface area contributed by atoms with E-state index in [0.29, 0.717) is 6.61 Å². The largest absolute Gasteiger partial charge is 0.469 e. The van der Waals surface area contributed by atoms with Crippen LogP contribution in [0.25, 0.3) is 0 Å². The molecule has 3 heterocycles. The lowest BCUT2D eigenvalue weighted by Gasteiger charge is -2.35. The van der Waals surface area contributed by atoms with Crippen LogP contribution in [0.15, 0.2) is 40.2 Å². The van der Waals surface area contributed by atoms with E-state index in [-0.39, 0.29) is 6.10 Å². The summed E-state index contributed by atoms with van der Waals surface area (Å²) in [5.74, 6) is 1.95. The lowest BCUT2D eigenvalue weighted by atomic mass is 10.1. The normalized spacial score (nSPS) is 18.3. The van der Waals surface area contributed by atoms with Gasteiger partial charge >= 0.3 is 0 Å². The van der Waals surface area contributed by atoms with E-state index in [9.17, 15) is 0 Å². The number of aliphatic imine (C=N–C) groups is 1. The van der Waals surface area contributed by atoms with E-state index in [1.54, 1.807) is 6.26 Å². The number of aromatic nitrogens is 2. The van der Waals surface area contributed by atoms with Gasteiger partial charge in [-0.25, -0.2) is 0 Å². The third-order valence-electron chi connectivity index (χ3n) is 4.47. The number of aryl methyl sites for hydroxylation is 1. The summed E-state index contributed by atoms with van der Waals surface area (Å²) in [7, 11) is 1.93. The molecule has 0 amide bonds. The minimum atomic E-state index is 0.0284. The molecule has 26 heavy (non-hydrogen) atoms. The highest BCUT2D eigenvalue weighted by molar-refractivity contribution is 5.80. The van der Waals surface area contributed by atoms with Crippen LogP contribution in [0.1, 0.15) is 37.2 Å². The lowest BCUT2D eigenvalue weighted by molar-refractivity contribution is -0.00806. The number of hydrogen-bond acceptors (Lipinski definition) is 4. The maximum Gasteiger partial charge on any atom is 0.194 e. The summed E-state index contributed by atoms with van der Waals surface area (Å²) >= 11 is 0. The fourth-order valence-corrected chi connectivity index (χ4v) is 3.01. The number of furan rings is 1. The molecular formula is C19H29N5O2. The van der Waals surface area contributed by atoms with Crippen LogP contribution < -0.4 is 5.32 Å². The Labute approximate surface area is 155 Å². The number of guanidine groups is 1. The van der Waals surface area contributed by atoms with Crippen molar-refractivity contribution in [2.45, 2.75) is 32.3 Å². The Kier molecular flexibility index (Phi) is 6.71. The van der Waals surface area contributed by atoms with Gasteiger partial charge in [-0.15, -0.1) is 0 Å². The highest BCUT2D eigenvalue weighted by atomic mass is 16.5. The van der Waals surface area contributed by atoms with E-state index in [1.807, 2.05) is 36.3 Å². The molecule has 0 spiro atoms. The molecule has 1 unspecified atom stereocenters. The molecule has 2 aromatic heterocycles. The molecule has 1 fully saturated rings.